The molecule has 0 unspecified atom stereocenters. The SMILES string of the molecule is CCCCOc1cc(N2CCOCC2)ccc1C(=O)OCC. The van der Waals surface area contributed by atoms with Gasteiger partial charge in [-0.05, 0) is 25.5 Å². The smallest absolute Gasteiger partial charge is 0.341 e. The van der Waals surface area contributed by atoms with Gasteiger partial charge in [-0.1, -0.05) is 13.3 Å². The van der Waals surface area contributed by atoms with Gasteiger partial charge in [0.25, 0.3) is 0 Å². The molecule has 0 amide bonds. The number of carbonyl (C=O) groups is 1. The molecule has 0 spiro atoms. The normalized spacial score (nSPS) is 14.7. The molecule has 0 saturated carbocycles. The van der Waals surface area contributed by atoms with Gasteiger partial charge in [-0.2, -0.15) is 0 Å². The molecule has 5 heteroatoms. The number of esters is 1. The number of morpholine rings is 1. The Hall–Kier alpha value is -1.75. The van der Waals surface area contributed by atoms with Crippen molar-refractivity contribution in [2.75, 3.05) is 44.4 Å². The van der Waals surface area contributed by atoms with Gasteiger partial charge in [-0.15, -0.1) is 0 Å². The van der Waals surface area contributed by atoms with Gasteiger partial charge in [-0.25, -0.2) is 4.79 Å². The fraction of sp³-hybridized carbons (Fsp3) is 0.588. The average Bonchev–Trinajstić information content (AvgIpc) is 2.56. The van der Waals surface area contributed by atoms with Crippen LogP contribution >= 0.6 is 0 Å². The van der Waals surface area contributed by atoms with E-state index in [9.17, 15) is 4.79 Å². The highest BCUT2D eigenvalue weighted by molar-refractivity contribution is 5.93. The number of ether oxygens (including phenoxy) is 3. The molecule has 0 N–H and O–H groups in total. The zero-order valence-corrected chi connectivity index (χ0v) is 13.5. The summed E-state index contributed by atoms with van der Waals surface area (Å²) < 4.78 is 16.3. The molecule has 2 rings (SSSR count). The first-order valence-electron chi connectivity index (χ1n) is 8.03. The van der Waals surface area contributed by atoms with Crippen LogP contribution in [0.15, 0.2) is 18.2 Å². The molecule has 1 fully saturated rings. The highest BCUT2D eigenvalue weighted by atomic mass is 16.5. The standard InChI is InChI=1S/C17H25NO4/c1-3-5-10-22-16-13-14(18-8-11-20-12-9-18)6-7-15(16)17(19)21-4-2/h6-7,13H,3-5,8-12H2,1-2H3. The number of unbranched alkanes of at least 4 members (excludes halogenated alkanes) is 1. The summed E-state index contributed by atoms with van der Waals surface area (Å²) in [5.74, 6) is 0.276. The summed E-state index contributed by atoms with van der Waals surface area (Å²) >= 11 is 0. The van der Waals surface area contributed by atoms with Crippen LogP contribution in [0, 0.1) is 0 Å². The topological polar surface area (TPSA) is 48.0 Å². The Labute approximate surface area is 132 Å². The van der Waals surface area contributed by atoms with Gasteiger partial charge in [-0.3, -0.25) is 0 Å². The van der Waals surface area contributed by atoms with E-state index in [1.54, 1.807) is 13.0 Å². The van der Waals surface area contributed by atoms with E-state index >= 15 is 0 Å². The molecule has 1 aromatic rings. The highest BCUT2D eigenvalue weighted by Gasteiger charge is 2.18. The maximum absolute atomic E-state index is 12.0. The molecule has 1 saturated heterocycles. The lowest BCUT2D eigenvalue weighted by Gasteiger charge is -2.29. The number of nitrogens with zero attached hydrogens (tertiary/aromatic N) is 1. The summed E-state index contributed by atoms with van der Waals surface area (Å²) in [6.45, 7) is 8.04. The Morgan fingerprint density at radius 1 is 1.27 bits per heavy atom. The lowest BCUT2D eigenvalue weighted by molar-refractivity contribution is 0.0521. The van der Waals surface area contributed by atoms with Crippen molar-refractivity contribution in [2.45, 2.75) is 26.7 Å². The summed E-state index contributed by atoms with van der Waals surface area (Å²) in [6.07, 6.45) is 2.02. The van der Waals surface area contributed by atoms with Crippen LogP contribution in [0.3, 0.4) is 0 Å². The summed E-state index contributed by atoms with van der Waals surface area (Å²) in [5.41, 5.74) is 1.55. The minimum absolute atomic E-state index is 0.331. The quantitative estimate of drug-likeness (QED) is 0.572. The molecule has 0 aliphatic carbocycles. The van der Waals surface area contributed by atoms with Gasteiger partial charge in [0.15, 0.2) is 0 Å². The van der Waals surface area contributed by atoms with Crippen LogP contribution in [0.25, 0.3) is 0 Å². The predicted molar refractivity (Wildman–Crippen MR) is 85.8 cm³/mol. The van der Waals surface area contributed by atoms with Gasteiger partial charge in [0.2, 0.25) is 0 Å². The van der Waals surface area contributed by atoms with E-state index in [1.165, 1.54) is 0 Å². The van der Waals surface area contributed by atoms with Crippen molar-refractivity contribution in [2.24, 2.45) is 0 Å². The van der Waals surface area contributed by atoms with Crippen LogP contribution in [-0.4, -0.2) is 45.5 Å². The second kappa shape index (κ2) is 8.63. The minimum Gasteiger partial charge on any atom is -0.493 e. The lowest BCUT2D eigenvalue weighted by atomic mass is 10.1. The van der Waals surface area contributed by atoms with E-state index in [0.717, 1.165) is 44.8 Å². The van der Waals surface area contributed by atoms with Crippen molar-refractivity contribution in [3.63, 3.8) is 0 Å². The molecular weight excluding hydrogens is 282 g/mol. The largest absolute Gasteiger partial charge is 0.493 e. The summed E-state index contributed by atoms with van der Waals surface area (Å²) in [7, 11) is 0. The first kappa shape index (κ1) is 16.6. The van der Waals surface area contributed by atoms with Crippen molar-refractivity contribution in [3.8, 4) is 5.75 Å². The van der Waals surface area contributed by atoms with Crippen molar-refractivity contribution in [1.82, 2.24) is 0 Å². The van der Waals surface area contributed by atoms with Crippen molar-refractivity contribution in [1.29, 1.82) is 0 Å². The second-order valence-electron chi connectivity index (χ2n) is 5.20. The summed E-state index contributed by atoms with van der Waals surface area (Å²) in [5, 5.41) is 0. The highest BCUT2D eigenvalue weighted by Crippen LogP contribution is 2.27. The third kappa shape index (κ3) is 4.37. The van der Waals surface area contributed by atoms with Crippen LogP contribution in [0.4, 0.5) is 5.69 Å². The maximum Gasteiger partial charge on any atom is 0.341 e. The summed E-state index contributed by atoms with van der Waals surface area (Å²) in [4.78, 5) is 14.3. The van der Waals surface area contributed by atoms with E-state index in [4.69, 9.17) is 14.2 Å². The van der Waals surface area contributed by atoms with E-state index in [0.29, 0.717) is 24.5 Å². The van der Waals surface area contributed by atoms with Gasteiger partial charge >= 0.3 is 5.97 Å². The van der Waals surface area contributed by atoms with Gasteiger partial charge in [0.1, 0.15) is 11.3 Å². The zero-order chi connectivity index (χ0) is 15.8. The van der Waals surface area contributed by atoms with Gasteiger partial charge < -0.3 is 19.1 Å². The lowest BCUT2D eigenvalue weighted by Crippen LogP contribution is -2.36. The molecule has 1 aliphatic rings. The Morgan fingerprint density at radius 3 is 2.73 bits per heavy atom. The molecular formula is C17H25NO4. The van der Waals surface area contributed by atoms with Crippen LogP contribution in [-0.2, 0) is 9.47 Å². The Morgan fingerprint density at radius 2 is 2.05 bits per heavy atom. The number of hydrogen-bond acceptors (Lipinski definition) is 5. The summed E-state index contributed by atoms with van der Waals surface area (Å²) in [6, 6.07) is 5.68. The number of benzene rings is 1. The monoisotopic (exact) mass is 307 g/mol. The minimum atomic E-state index is -0.331. The molecule has 22 heavy (non-hydrogen) atoms. The van der Waals surface area contributed by atoms with Crippen LogP contribution in [0.2, 0.25) is 0 Å². The van der Waals surface area contributed by atoms with Crippen LogP contribution < -0.4 is 9.64 Å². The second-order valence-corrected chi connectivity index (χ2v) is 5.20. The van der Waals surface area contributed by atoms with E-state index < -0.39 is 0 Å². The maximum atomic E-state index is 12.0. The third-order valence-corrected chi connectivity index (χ3v) is 3.59. The average molecular weight is 307 g/mol. The molecule has 1 aliphatic heterocycles. The predicted octanol–water partition coefficient (Wildman–Crippen LogP) is 2.88. The Bertz CT molecular complexity index is 484. The van der Waals surface area contributed by atoms with Crippen molar-refractivity contribution < 1.29 is 19.0 Å². The van der Waals surface area contributed by atoms with Crippen molar-refractivity contribution in [3.05, 3.63) is 23.8 Å². The van der Waals surface area contributed by atoms with Crippen LogP contribution in [0.5, 0.6) is 5.75 Å². The first-order valence-corrected chi connectivity index (χ1v) is 8.03. The molecule has 122 valence electrons. The zero-order valence-electron chi connectivity index (χ0n) is 13.5. The number of carbonyl (C=O) groups excluding carboxylic acids is 1. The fourth-order valence-electron chi connectivity index (χ4n) is 2.35. The van der Waals surface area contributed by atoms with E-state index in [-0.39, 0.29) is 5.97 Å². The fourth-order valence-corrected chi connectivity index (χ4v) is 2.35. The van der Waals surface area contributed by atoms with E-state index in [2.05, 4.69) is 11.8 Å². The molecule has 0 radical (unpaired) electrons. The third-order valence-electron chi connectivity index (χ3n) is 3.59. The number of hydrogen-bond donors (Lipinski definition) is 0. The molecule has 1 aromatic carbocycles. The van der Waals surface area contributed by atoms with Gasteiger partial charge in [0, 0.05) is 24.8 Å². The van der Waals surface area contributed by atoms with Crippen LogP contribution in [0.1, 0.15) is 37.0 Å². The molecule has 0 atom stereocenters. The Balaban J connectivity index is 2.19. The molecule has 5 nitrogen and oxygen atoms in total. The number of rotatable bonds is 7. The molecule has 0 bridgehead atoms. The van der Waals surface area contributed by atoms with Gasteiger partial charge in [0.05, 0.1) is 26.4 Å². The number of anilines is 1. The van der Waals surface area contributed by atoms with Crippen molar-refractivity contribution >= 4 is 11.7 Å². The first-order chi connectivity index (χ1) is 10.8. The molecule has 0 aromatic heterocycles. The Kier molecular flexibility index (Phi) is 6.52. The van der Waals surface area contributed by atoms with E-state index in [1.807, 2.05) is 12.1 Å². The molecule has 1 heterocycles.